The summed E-state index contributed by atoms with van der Waals surface area (Å²) in [7, 11) is 0. The molecule has 0 aromatic heterocycles. The van der Waals surface area contributed by atoms with Crippen molar-refractivity contribution in [1.82, 2.24) is 5.32 Å². The number of hydrogen-bond acceptors (Lipinski definition) is 2. The van der Waals surface area contributed by atoms with E-state index in [1.807, 2.05) is 67.6 Å². The summed E-state index contributed by atoms with van der Waals surface area (Å²) < 4.78 is 0. The van der Waals surface area contributed by atoms with Gasteiger partial charge in [-0.25, -0.2) is 4.79 Å². The van der Waals surface area contributed by atoms with E-state index in [1.165, 1.54) is 12.1 Å². The molecule has 0 saturated heterocycles. The van der Waals surface area contributed by atoms with Crippen LogP contribution in [0.2, 0.25) is 0 Å². The molecule has 0 heterocycles. The molecule has 26 heavy (non-hydrogen) atoms. The quantitative estimate of drug-likeness (QED) is 0.713. The lowest BCUT2D eigenvalue weighted by Crippen LogP contribution is -2.27. The van der Waals surface area contributed by atoms with Gasteiger partial charge in [0, 0.05) is 5.56 Å². The first kappa shape index (κ1) is 17.4. The Kier molecular flexibility index (Phi) is 5.13. The number of rotatable bonds is 5. The zero-order chi connectivity index (χ0) is 18.5. The van der Waals surface area contributed by atoms with E-state index >= 15 is 0 Å². The van der Waals surface area contributed by atoms with E-state index in [1.54, 1.807) is 6.07 Å². The average Bonchev–Trinajstić information content (AvgIpc) is 2.68. The van der Waals surface area contributed by atoms with Crippen molar-refractivity contribution in [1.29, 1.82) is 0 Å². The standard InChI is InChI=1S/C22H19NO3/c1-15(16-8-4-2-5-9-16)23-21(24)20-14-18(22(25)26)12-13-19(20)17-10-6-3-7-11-17/h2-15H,1H3,(H,23,24)(H,25,26)/t15-/m1/s1. The highest BCUT2D eigenvalue weighted by molar-refractivity contribution is 6.03. The van der Waals surface area contributed by atoms with Crippen LogP contribution in [0.4, 0.5) is 0 Å². The second-order valence-electron chi connectivity index (χ2n) is 6.04. The predicted molar refractivity (Wildman–Crippen MR) is 101 cm³/mol. The van der Waals surface area contributed by atoms with Crippen molar-refractivity contribution in [3.63, 3.8) is 0 Å². The van der Waals surface area contributed by atoms with Crippen molar-refractivity contribution in [3.8, 4) is 11.1 Å². The molecule has 0 unspecified atom stereocenters. The molecule has 4 nitrogen and oxygen atoms in total. The molecule has 0 aliphatic heterocycles. The molecule has 0 aliphatic carbocycles. The zero-order valence-electron chi connectivity index (χ0n) is 14.3. The van der Waals surface area contributed by atoms with Gasteiger partial charge in [0.05, 0.1) is 11.6 Å². The van der Waals surface area contributed by atoms with Gasteiger partial charge in [0.2, 0.25) is 0 Å². The summed E-state index contributed by atoms with van der Waals surface area (Å²) >= 11 is 0. The molecular formula is C22H19NO3. The topological polar surface area (TPSA) is 66.4 Å². The second-order valence-corrected chi connectivity index (χ2v) is 6.04. The molecule has 4 heteroatoms. The summed E-state index contributed by atoms with van der Waals surface area (Å²) in [6.07, 6.45) is 0. The van der Waals surface area contributed by atoms with E-state index in [0.717, 1.165) is 11.1 Å². The molecule has 0 bridgehead atoms. The lowest BCUT2D eigenvalue weighted by atomic mass is 9.96. The van der Waals surface area contributed by atoms with Gasteiger partial charge >= 0.3 is 5.97 Å². The minimum Gasteiger partial charge on any atom is -0.478 e. The molecular weight excluding hydrogens is 326 g/mol. The van der Waals surface area contributed by atoms with Crippen LogP contribution in [0.3, 0.4) is 0 Å². The number of carboxylic acids is 1. The molecule has 130 valence electrons. The van der Waals surface area contributed by atoms with Crippen molar-refractivity contribution >= 4 is 11.9 Å². The second kappa shape index (κ2) is 7.66. The van der Waals surface area contributed by atoms with Crippen molar-refractivity contribution in [2.45, 2.75) is 13.0 Å². The highest BCUT2D eigenvalue weighted by Crippen LogP contribution is 2.25. The fourth-order valence-corrected chi connectivity index (χ4v) is 2.83. The van der Waals surface area contributed by atoms with Gasteiger partial charge in [0.1, 0.15) is 0 Å². The Morgan fingerprint density at radius 1 is 0.885 bits per heavy atom. The van der Waals surface area contributed by atoms with Crippen LogP contribution in [0, 0.1) is 0 Å². The van der Waals surface area contributed by atoms with E-state index in [9.17, 15) is 14.7 Å². The smallest absolute Gasteiger partial charge is 0.335 e. The van der Waals surface area contributed by atoms with E-state index in [-0.39, 0.29) is 17.5 Å². The summed E-state index contributed by atoms with van der Waals surface area (Å²) in [6, 6.07) is 23.5. The molecule has 0 radical (unpaired) electrons. The highest BCUT2D eigenvalue weighted by Gasteiger charge is 2.18. The van der Waals surface area contributed by atoms with E-state index in [0.29, 0.717) is 11.1 Å². The summed E-state index contributed by atoms with van der Waals surface area (Å²) in [5.41, 5.74) is 2.98. The van der Waals surface area contributed by atoms with Crippen molar-refractivity contribution in [3.05, 3.63) is 95.6 Å². The first-order valence-corrected chi connectivity index (χ1v) is 8.35. The van der Waals surface area contributed by atoms with E-state index in [4.69, 9.17) is 0 Å². The summed E-state index contributed by atoms with van der Waals surface area (Å²) in [5.74, 6) is -1.36. The molecule has 2 N–H and O–H groups in total. The number of amides is 1. The fraction of sp³-hybridized carbons (Fsp3) is 0.0909. The minimum absolute atomic E-state index is 0.0854. The number of carbonyl (C=O) groups excluding carboxylic acids is 1. The van der Waals surface area contributed by atoms with Crippen LogP contribution >= 0.6 is 0 Å². The lowest BCUT2D eigenvalue weighted by molar-refractivity contribution is 0.0697. The van der Waals surface area contributed by atoms with Gasteiger partial charge in [-0.15, -0.1) is 0 Å². The fourth-order valence-electron chi connectivity index (χ4n) is 2.83. The third-order valence-corrected chi connectivity index (χ3v) is 4.24. The molecule has 1 amide bonds. The Balaban J connectivity index is 1.97. The van der Waals surface area contributed by atoms with Crippen molar-refractivity contribution in [2.75, 3.05) is 0 Å². The van der Waals surface area contributed by atoms with Crippen LogP contribution in [-0.4, -0.2) is 17.0 Å². The maximum Gasteiger partial charge on any atom is 0.335 e. The van der Waals surface area contributed by atoms with Crippen LogP contribution in [0.15, 0.2) is 78.9 Å². The monoisotopic (exact) mass is 345 g/mol. The summed E-state index contributed by atoms with van der Waals surface area (Å²) in [5, 5.41) is 12.2. The Bertz CT molecular complexity index is 921. The normalized spacial score (nSPS) is 11.6. The molecule has 1 atom stereocenters. The van der Waals surface area contributed by atoms with Crippen molar-refractivity contribution in [2.24, 2.45) is 0 Å². The molecule has 0 fully saturated rings. The highest BCUT2D eigenvalue weighted by atomic mass is 16.4. The lowest BCUT2D eigenvalue weighted by Gasteiger charge is -2.17. The Morgan fingerprint density at radius 2 is 1.50 bits per heavy atom. The SMILES string of the molecule is C[C@@H](NC(=O)c1cc(C(=O)O)ccc1-c1ccccc1)c1ccccc1. The van der Waals surface area contributed by atoms with E-state index in [2.05, 4.69) is 5.32 Å². The molecule has 0 spiro atoms. The van der Waals surface area contributed by atoms with Gasteiger partial charge in [-0.3, -0.25) is 4.79 Å². The van der Waals surface area contributed by atoms with Gasteiger partial charge < -0.3 is 10.4 Å². The van der Waals surface area contributed by atoms with Gasteiger partial charge in [0.15, 0.2) is 0 Å². The van der Waals surface area contributed by atoms with Crippen molar-refractivity contribution < 1.29 is 14.7 Å². The van der Waals surface area contributed by atoms with Crippen LogP contribution < -0.4 is 5.32 Å². The summed E-state index contributed by atoms with van der Waals surface area (Å²) in [4.78, 5) is 24.2. The third kappa shape index (κ3) is 3.81. The molecule has 3 aromatic rings. The zero-order valence-corrected chi connectivity index (χ0v) is 14.3. The number of carboxylic acid groups (broad SMARTS) is 1. The largest absolute Gasteiger partial charge is 0.478 e. The Labute approximate surface area is 152 Å². The maximum absolute atomic E-state index is 12.9. The number of nitrogens with one attached hydrogen (secondary N) is 1. The Hall–Kier alpha value is -3.40. The van der Waals surface area contributed by atoms with Crippen LogP contribution in [0.25, 0.3) is 11.1 Å². The average molecular weight is 345 g/mol. The summed E-state index contributed by atoms with van der Waals surface area (Å²) in [6.45, 7) is 1.90. The van der Waals surface area contributed by atoms with Gasteiger partial charge in [-0.05, 0) is 35.7 Å². The van der Waals surface area contributed by atoms with Gasteiger partial charge in [-0.2, -0.15) is 0 Å². The van der Waals surface area contributed by atoms with Gasteiger partial charge in [0.25, 0.3) is 5.91 Å². The number of hydrogen-bond donors (Lipinski definition) is 2. The van der Waals surface area contributed by atoms with Crippen LogP contribution in [-0.2, 0) is 0 Å². The molecule has 3 rings (SSSR count). The number of carbonyl (C=O) groups is 2. The Morgan fingerprint density at radius 3 is 2.12 bits per heavy atom. The first-order chi connectivity index (χ1) is 12.6. The van der Waals surface area contributed by atoms with Crippen LogP contribution in [0.5, 0.6) is 0 Å². The molecule has 0 aliphatic rings. The maximum atomic E-state index is 12.9. The minimum atomic E-state index is -1.06. The third-order valence-electron chi connectivity index (χ3n) is 4.24. The van der Waals surface area contributed by atoms with E-state index < -0.39 is 5.97 Å². The number of benzene rings is 3. The predicted octanol–water partition coefficient (Wildman–Crippen LogP) is 4.54. The number of aromatic carboxylic acids is 1. The van der Waals surface area contributed by atoms with Gasteiger partial charge in [-0.1, -0.05) is 66.7 Å². The molecule has 0 saturated carbocycles. The molecule has 3 aromatic carbocycles. The van der Waals surface area contributed by atoms with Crippen LogP contribution in [0.1, 0.15) is 39.2 Å². The first-order valence-electron chi connectivity index (χ1n) is 8.35.